The van der Waals surface area contributed by atoms with E-state index in [0.717, 1.165) is 5.56 Å². The van der Waals surface area contributed by atoms with Crippen molar-refractivity contribution in [2.24, 2.45) is 0 Å². The molecule has 1 saturated heterocycles. The van der Waals surface area contributed by atoms with E-state index in [1.165, 1.54) is 6.92 Å². The van der Waals surface area contributed by atoms with E-state index in [2.05, 4.69) is 11.8 Å². The molecule has 1 aromatic rings. The minimum atomic E-state index is -0.512. The van der Waals surface area contributed by atoms with Crippen LogP contribution >= 0.6 is 0 Å². The van der Waals surface area contributed by atoms with E-state index < -0.39 is 5.60 Å². The first-order chi connectivity index (χ1) is 8.60. The molecule has 2 atom stereocenters. The molecule has 0 amide bonds. The molecule has 0 bridgehead atoms. The number of ketones is 1. The van der Waals surface area contributed by atoms with Crippen LogP contribution in [0.1, 0.15) is 19.4 Å². The van der Waals surface area contributed by atoms with Crippen LogP contribution < -0.4 is 0 Å². The Kier molecular flexibility index (Phi) is 3.81. The second-order valence-corrected chi connectivity index (χ2v) is 4.52. The van der Waals surface area contributed by atoms with Crippen LogP contribution in [0.15, 0.2) is 30.3 Å². The molecular weight excluding hydrogens is 228 g/mol. The highest BCUT2D eigenvalue weighted by Crippen LogP contribution is 2.35. The largest absolute Gasteiger partial charge is 0.374 e. The third-order valence-electron chi connectivity index (χ3n) is 2.81. The number of hydrogen-bond acceptors (Lipinski definition) is 3. The summed E-state index contributed by atoms with van der Waals surface area (Å²) in [4.78, 5) is 10.8. The van der Waals surface area contributed by atoms with Gasteiger partial charge in [-0.3, -0.25) is 4.79 Å². The van der Waals surface area contributed by atoms with E-state index in [1.54, 1.807) is 0 Å². The molecule has 3 nitrogen and oxygen atoms in total. The number of carbonyl (C=O) groups is 1. The van der Waals surface area contributed by atoms with Gasteiger partial charge >= 0.3 is 0 Å². The van der Waals surface area contributed by atoms with Crippen molar-refractivity contribution in [2.45, 2.75) is 32.2 Å². The van der Waals surface area contributed by atoms with Gasteiger partial charge in [0.1, 0.15) is 6.10 Å². The summed E-state index contributed by atoms with van der Waals surface area (Å²) in [5.74, 6) is 5.20. The summed E-state index contributed by atoms with van der Waals surface area (Å²) in [7, 11) is 0. The molecule has 3 heteroatoms. The molecule has 0 spiro atoms. The van der Waals surface area contributed by atoms with Crippen molar-refractivity contribution in [1.82, 2.24) is 0 Å². The van der Waals surface area contributed by atoms with Crippen molar-refractivity contribution in [3.05, 3.63) is 35.9 Å². The number of benzene rings is 1. The molecule has 0 radical (unpaired) electrons. The van der Waals surface area contributed by atoms with Crippen LogP contribution in [0.3, 0.4) is 0 Å². The summed E-state index contributed by atoms with van der Waals surface area (Å²) in [6, 6.07) is 9.97. The zero-order valence-electron chi connectivity index (χ0n) is 10.6. The Morgan fingerprint density at radius 2 is 2.17 bits per heavy atom. The molecule has 0 unspecified atom stereocenters. The van der Waals surface area contributed by atoms with Gasteiger partial charge in [0, 0.05) is 6.92 Å². The Morgan fingerprint density at radius 1 is 1.44 bits per heavy atom. The number of ether oxygens (including phenoxy) is 2. The van der Waals surface area contributed by atoms with Crippen molar-refractivity contribution >= 4 is 5.78 Å². The topological polar surface area (TPSA) is 38.8 Å². The summed E-state index contributed by atoms with van der Waals surface area (Å²) in [6.45, 7) is 4.38. The van der Waals surface area contributed by atoms with Gasteiger partial charge in [0.2, 0.25) is 5.78 Å². The monoisotopic (exact) mass is 244 g/mol. The number of hydrogen-bond donors (Lipinski definition) is 0. The van der Waals surface area contributed by atoms with Crippen LogP contribution in [-0.4, -0.2) is 24.1 Å². The highest BCUT2D eigenvalue weighted by Gasteiger charge is 2.51. The molecule has 0 aliphatic carbocycles. The van der Waals surface area contributed by atoms with E-state index in [4.69, 9.17) is 9.47 Å². The van der Waals surface area contributed by atoms with Gasteiger partial charge in [0.25, 0.3) is 0 Å². The van der Waals surface area contributed by atoms with E-state index in [-0.39, 0.29) is 11.9 Å². The minimum Gasteiger partial charge on any atom is -0.374 e. The Labute approximate surface area is 107 Å². The molecule has 1 heterocycles. The molecule has 1 aliphatic rings. The minimum absolute atomic E-state index is 0.0342. The molecule has 1 aromatic carbocycles. The number of rotatable bonds is 4. The fourth-order valence-corrected chi connectivity index (χ4v) is 1.63. The smallest absolute Gasteiger partial charge is 0.202 e. The van der Waals surface area contributed by atoms with E-state index in [9.17, 15) is 4.79 Å². The first-order valence-electron chi connectivity index (χ1n) is 5.93. The van der Waals surface area contributed by atoms with Gasteiger partial charge in [0.05, 0.1) is 13.2 Å². The molecular formula is C15H16O3. The van der Waals surface area contributed by atoms with Crippen molar-refractivity contribution in [3.63, 3.8) is 0 Å². The molecule has 1 fully saturated rings. The Morgan fingerprint density at radius 3 is 2.83 bits per heavy atom. The lowest BCUT2D eigenvalue weighted by Crippen LogP contribution is -2.12. The lowest BCUT2D eigenvalue weighted by atomic mass is 10.1. The summed E-state index contributed by atoms with van der Waals surface area (Å²) >= 11 is 0. The average Bonchev–Trinajstić information content (AvgIpc) is 3.00. The summed E-state index contributed by atoms with van der Waals surface area (Å²) in [5, 5.41) is 0. The average molecular weight is 244 g/mol. The maximum Gasteiger partial charge on any atom is 0.202 e. The summed E-state index contributed by atoms with van der Waals surface area (Å²) in [5.41, 5.74) is 0.622. The number of epoxide rings is 1. The van der Waals surface area contributed by atoms with Gasteiger partial charge in [-0.1, -0.05) is 36.3 Å². The van der Waals surface area contributed by atoms with Crippen molar-refractivity contribution in [2.75, 3.05) is 6.61 Å². The summed E-state index contributed by atoms with van der Waals surface area (Å²) < 4.78 is 11.0. The molecule has 0 aromatic heterocycles. The molecule has 0 saturated carbocycles. The molecule has 94 valence electrons. The first kappa shape index (κ1) is 12.8. The van der Waals surface area contributed by atoms with Crippen LogP contribution in [0, 0.1) is 11.8 Å². The summed E-state index contributed by atoms with van der Waals surface area (Å²) in [6.07, 6.45) is -0.0342. The van der Waals surface area contributed by atoms with Gasteiger partial charge in [-0.15, -0.1) is 0 Å². The molecule has 0 N–H and O–H groups in total. The van der Waals surface area contributed by atoms with Crippen LogP contribution in [0.2, 0.25) is 0 Å². The second-order valence-electron chi connectivity index (χ2n) is 4.52. The Bertz CT molecular complexity index is 483. The lowest BCUT2D eigenvalue weighted by molar-refractivity contribution is -0.111. The predicted octanol–water partition coefficient (Wildman–Crippen LogP) is 1.95. The van der Waals surface area contributed by atoms with E-state index >= 15 is 0 Å². The predicted molar refractivity (Wildman–Crippen MR) is 67.8 cm³/mol. The Balaban J connectivity index is 1.74. The van der Waals surface area contributed by atoms with Gasteiger partial charge < -0.3 is 9.47 Å². The number of carbonyl (C=O) groups excluding carboxylic acids is 1. The van der Waals surface area contributed by atoms with Crippen LogP contribution in [-0.2, 0) is 20.9 Å². The quantitative estimate of drug-likeness (QED) is 0.461. The maximum absolute atomic E-state index is 10.8. The van der Waals surface area contributed by atoms with Gasteiger partial charge in [-0.05, 0) is 18.4 Å². The van der Waals surface area contributed by atoms with Gasteiger partial charge in [-0.2, -0.15) is 0 Å². The third-order valence-corrected chi connectivity index (χ3v) is 2.81. The zero-order chi connectivity index (χ0) is 13.0. The van der Waals surface area contributed by atoms with Crippen molar-refractivity contribution in [1.29, 1.82) is 0 Å². The maximum atomic E-state index is 10.8. The highest BCUT2D eigenvalue weighted by atomic mass is 16.6. The third kappa shape index (κ3) is 3.43. The van der Waals surface area contributed by atoms with E-state index in [1.807, 2.05) is 37.3 Å². The van der Waals surface area contributed by atoms with Crippen molar-refractivity contribution < 1.29 is 14.3 Å². The zero-order valence-corrected chi connectivity index (χ0v) is 10.6. The fraction of sp³-hybridized carbons (Fsp3) is 0.400. The fourth-order valence-electron chi connectivity index (χ4n) is 1.63. The molecule has 2 rings (SSSR count). The van der Waals surface area contributed by atoms with Gasteiger partial charge in [0.15, 0.2) is 5.60 Å². The standard InChI is InChI=1S/C15H16O3/c1-12(16)8-9-15(2)14(18-15)11-17-10-13-6-4-3-5-7-13/h3-7,14H,10-11H2,1-2H3/t14-,15+/m1/s1. The molecule has 1 aliphatic heterocycles. The normalized spacial score (nSPS) is 25.1. The van der Waals surface area contributed by atoms with E-state index in [0.29, 0.717) is 13.2 Å². The van der Waals surface area contributed by atoms with Gasteiger partial charge in [-0.25, -0.2) is 0 Å². The number of Topliss-reactive ketones (excluding diaryl/α,β-unsaturated/α-hetero) is 1. The highest BCUT2D eigenvalue weighted by molar-refractivity contribution is 5.93. The lowest BCUT2D eigenvalue weighted by Gasteiger charge is -2.02. The first-order valence-corrected chi connectivity index (χ1v) is 5.93. The van der Waals surface area contributed by atoms with Crippen LogP contribution in [0.4, 0.5) is 0 Å². The van der Waals surface area contributed by atoms with Crippen LogP contribution in [0.5, 0.6) is 0 Å². The second kappa shape index (κ2) is 5.34. The SMILES string of the molecule is CC(=O)C#C[C@]1(C)O[C@@H]1COCc1ccccc1. The van der Waals surface area contributed by atoms with Crippen molar-refractivity contribution in [3.8, 4) is 11.8 Å². The Hall–Kier alpha value is -1.63. The molecule has 18 heavy (non-hydrogen) atoms. The van der Waals surface area contributed by atoms with Crippen LogP contribution in [0.25, 0.3) is 0 Å².